The van der Waals surface area contributed by atoms with Crippen LogP contribution in [0.25, 0.3) is 0 Å². The molecule has 0 radical (unpaired) electrons. The van der Waals surface area contributed by atoms with Gasteiger partial charge in [-0.2, -0.15) is 0 Å². The third-order valence-corrected chi connectivity index (χ3v) is 2.16. The predicted octanol–water partition coefficient (Wildman–Crippen LogP) is -1.82. The Balaban J connectivity index is 2.88. The molecule has 0 spiro atoms. The molecule has 0 aromatic rings. The molecule has 0 bridgehead atoms. The average Bonchev–Trinajstić information content (AvgIpc) is 2.09. The van der Waals surface area contributed by atoms with Gasteiger partial charge in [-0.15, -0.1) is 0 Å². The number of hydrogen-bond donors (Lipinski definition) is 4. The molecule has 0 unspecified atom stereocenters. The minimum Gasteiger partial charge on any atom is -0.480 e. The van der Waals surface area contributed by atoms with Crippen LogP contribution in [0, 0.1) is 0 Å². The third-order valence-electron chi connectivity index (χ3n) is 2.16. The van der Waals surface area contributed by atoms with Gasteiger partial charge in [-0.3, -0.25) is 4.99 Å². The molecule has 3 atom stereocenters. The van der Waals surface area contributed by atoms with Crippen molar-refractivity contribution in [3.05, 3.63) is 0 Å². The van der Waals surface area contributed by atoms with Gasteiger partial charge >= 0.3 is 5.97 Å². The summed E-state index contributed by atoms with van der Waals surface area (Å²) in [6.07, 6.45) is -0.0400. The molecular weight excluding hydrogens is 176 g/mol. The highest BCUT2D eigenvalue weighted by atomic mass is 16.4. The molecule has 13 heavy (non-hydrogen) atoms. The quantitative estimate of drug-likeness (QED) is 0.409. The lowest BCUT2D eigenvalue weighted by atomic mass is 9.89. The summed E-state index contributed by atoms with van der Waals surface area (Å²) in [5.41, 5.74) is -1.04. The van der Waals surface area contributed by atoms with Gasteiger partial charge in [-0.1, -0.05) is 0 Å². The van der Waals surface area contributed by atoms with Crippen LogP contribution in [-0.2, 0) is 4.79 Å². The van der Waals surface area contributed by atoms with E-state index in [9.17, 15) is 9.90 Å². The minimum absolute atomic E-state index is 0.357. The Labute approximate surface area is 74.9 Å². The van der Waals surface area contributed by atoms with Crippen LogP contribution in [0.15, 0.2) is 4.99 Å². The molecule has 0 saturated carbocycles. The van der Waals surface area contributed by atoms with Crippen LogP contribution >= 0.6 is 0 Å². The zero-order chi connectivity index (χ0) is 10.1. The smallest absolute Gasteiger partial charge is 0.331 e. The molecule has 0 fully saturated rings. The van der Waals surface area contributed by atoms with E-state index in [4.69, 9.17) is 10.2 Å². The van der Waals surface area contributed by atoms with E-state index in [0.29, 0.717) is 0 Å². The van der Waals surface area contributed by atoms with Crippen molar-refractivity contribution in [3.63, 3.8) is 0 Å². The van der Waals surface area contributed by atoms with Crippen LogP contribution < -0.4 is 5.32 Å². The number of carbonyl (C=O) groups is 1. The van der Waals surface area contributed by atoms with Crippen molar-refractivity contribution in [3.8, 4) is 0 Å². The van der Waals surface area contributed by atoms with E-state index in [2.05, 4.69) is 10.3 Å². The normalized spacial score (nSPS) is 38.4. The van der Waals surface area contributed by atoms with E-state index >= 15 is 0 Å². The summed E-state index contributed by atoms with van der Waals surface area (Å²) in [5.74, 6) is -1.20. The Morgan fingerprint density at radius 1 is 1.77 bits per heavy atom. The molecule has 1 rings (SSSR count). The highest BCUT2D eigenvalue weighted by Gasteiger charge is 2.42. The zero-order valence-electron chi connectivity index (χ0n) is 7.14. The maximum absolute atomic E-state index is 10.6. The van der Waals surface area contributed by atoms with E-state index in [1.54, 1.807) is 0 Å². The fourth-order valence-electron chi connectivity index (χ4n) is 1.12. The number of nitrogens with one attached hydrogen (secondary N) is 1. The van der Waals surface area contributed by atoms with Gasteiger partial charge in [-0.05, 0) is 6.92 Å². The highest BCUT2D eigenvalue weighted by molar-refractivity contribution is 5.78. The lowest BCUT2D eigenvalue weighted by Gasteiger charge is -2.37. The van der Waals surface area contributed by atoms with Crippen LogP contribution in [0.3, 0.4) is 0 Å². The summed E-state index contributed by atoms with van der Waals surface area (Å²) in [6, 6.07) is -1.21. The highest BCUT2D eigenvalue weighted by Crippen LogP contribution is 2.17. The number of rotatable bonds is 2. The third kappa shape index (κ3) is 1.63. The first-order valence-electron chi connectivity index (χ1n) is 3.82. The zero-order valence-corrected chi connectivity index (χ0v) is 7.14. The van der Waals surface area contributed by atoms with E-state index in [1.807, 2.05) is 0 Å². The van der Waals surface area contributed by atoms with Gasteiger partial charge in [0.2, 0.25) is 0 Å². The lowest BCUT2D eigenvalue weighted by molar-refractivity contribution is -0.143. The Hall–Kier alpha value is -1.14. The number of aliphatic imine (C=N–C) groups is 1. The summed E-state index contributed by atoms with van der Waals surface area (Å²) in [7, 11) is 0. The molecule has 74 valence electrons. The van der Waals surface area contributed by atoms with Crippen LogP contribution in [0.2, 0.25) is 0 Å². The first-order valence-corrected chi connectivity index (χ1v) is 3.82. The van der Waals surface area contributed by atoms with Gasteiger partial charge in [0, 0.05) is 0 Å². The van der Waals surface area contributed by atoms with E-state index in [-0.39, 0.29) is 6.61 Å². The van der Waals surface area contributed by atoms with Crippen LogP contribution in [0.5, 0.6) is 0 Å². The Morgan fingerprint density at radius 2 is 2.38 bits per heavy atom. The number of aliphatic hydroxyl groups excluding tert-OH is 2. The largest absolute Gasteiger partial charge is 0.480 e. The van der Waals surface area contributed by atoms with Gasteiger partial charge in [0.1, 0.15) is 6.10 Å². The van der Waals surface area contributed by atoms with E-state index < -0.39 is 23.7 Å². The fourth-order valence-corrected chi connectivity index (χ4v) is 1.12. The van der Waals surface area contributed by atoms with Crippen molar-refractivity contribution in [2.45, 2.75) is 24.6 Å². The van der Waals surface area contributed by atoms with Crippen molar-refractivity contribution < 1.29 is 20.1 Å². The van der Waals surface area contributed by atoms with Gasteiger partial charge in [-0.25, -0.2) is 4.79 Å². The minimum atomic E-state index is -1.24. The topological polar surface area (TPSA) is 102 Å². The molecule has 6 heteroatoms. The Morgan fingerprint density at radius 3 is 2.85 bits per heavy atom. The second-order valence-corrected chi connectivity index (χ2v) is 3.23. The van der Waals surface area contributed by atoms with E-state index in [0.717, 1.165) is 0 Å². The molecule has 0 aliphatic carbocycles. The number of aliphatic hydroxyl groups is 2. The fraction of sp³-hybridized carbons (Fsp3) is 0.714. The molecule has 1 aliphatic heterocycles. The van der Waals surface area contributed by atoms with Crippen LogP contribution in [-0.4, -0.2) is 51.9 Å². The Bertz CT molecular complexity index is 243. The molecule has 0 saturated heterocycles. The molecule has 0 amide bonds. The standard InChI is InChI=1S/C7H12N2O4/c1-7(2-10)5(11)4(6(12)13)8-3-9-7/h3-5,10-11H,2H2,1H3,(H,8,9)(H,12,13)/t4-,5-,7+/m1/s1. The maximum Gasteiger partial charge on any atom is 0.331 e. The summed E-state index contributed by atoms with van der Waals surface area (Å²) in [5, 5.41) is 29.8. The number of aliphatic carboxylic acids is 1. The van der Waals surface area contributed by atoms with Crippen molar-refractivity contribution in [2.24, 2.45) is 4.99 Å². The number of hydrogen-bond acceptors (Lipinski definition) is 5. The Kier molecular flexibility index (Phi) is 2.53. The summed E-state index contributed by atoms with van der Waals surface area (Å²) in [4.78, 5) is 14.1. The first kappa shape index (κ1) is 9.94. The molecule has 6 nitrogen and oxygen atoms in total. The van der Waals surface area contributed by atoms with Crippen LogP contribution in [0.4, 0.5) is 0 Å². The molecule has 1 heterocycles. The monoisotopic (exact) mass is 188 g/mol. The van der Waals surface area contributed by atoms with E-state index in [1.165, 1.54) is 13.3 Å². The van der Waals surface area contributed by atoms with Crippen molar-refractivity contribution in [2.75, 3.05) is 6.61 Å². The average molecular weight is 188 g/mol. The van der Waals surface area contributed by atoms with Gasteiger partial charge in [0.25, 0.3) is 0 Å². The summed E-state index contributed by atoms with van der Waals surface area (Å²) in [6.45, 7) is 1.17. The number of nitrogens with zero attached hydrogens (tertiary/aromatic N) is 1. The summed E-state index contributed by atoms with van der Waals surface area (Å²) >= 11 is 0. The van der Waals surface area contributed by atoms with Gasteiger partial charge in [0.05, 0.1) is 18.5 Å². The molecule has 4 N–H and O–H groups in total. The summed E-state index contributed by atoms with van der Waals surface area (Å²) < 4.78 is 0. The predicted molar refractivity (Wildman–Crippen MR) is 44.5 cm³/mol. The van der Waals surface area contributed by atoms with Crippen molar-refractivity contribution in [1.29, 1.82) is 0 Å². The molecule has 0 aromatic carbocycles. The van der Waals surface area contributed by atoms with Gasteiger partial charge < -0.3 is 20.6 Å². The van der Waals surface area contributed by atoms with Crippen LogP contribution in [0.1, 0.15) is 6.92 Å². The maximum atomic E-state index is 10.6. The SMILES string of the molecule is C[C@@]1(CO)NC=N[C@@H](C(=O)O)[C@H]1O. The lowest BCUT2D eigenvalue weighted by Crippen LogP contribution is -2.62. The van der Waals surface area contributed by atoms with Crippen molar-refractivity contribution in [1.82, 2.24) is 5.32 Å². The van der Waals surface area contributed by atoms with Gasteiger partial charge in [0.15, 0.2) is 6.04 Å². The number of carboxylic acids is 1. The second-order valence-electron chi connectivity index (χ2n) is 3.23. The molecule has 0 aromatic heterocycles. The van der Waals surface area contributed by atoms with Crippen molar-refractivity contribution >= 4 is 12.3 Å². The second kappa shape index (κ2) is 3.31. The number of carboxylic acid groups (broad SMARTS) is 1. The molecule has 1 aliphatic rings. The first-order chi connectivity index (χ1) is 6.01. The molecular formula is C7H12N2O4.